The molecule has 6 heteroatoms. The van der Waals surface area contributed by atoms with Gasteiger partial charge in [0.25, 0.3) is 11.1 Å². The van der Waals surface area contributed by atoms with Crippen LogP contribution >= 0.6 is 0 Å². The van der Waals surface area contributed by atoms with Crippen molar-refractivity contribution in [1.82, 2.24) is 9.97 Å². The van der Waals surface area contributed by atoms with E-state index < -0.39 is 22.6 Å². The van der Waals surface area contributed by atoms with E-state index in [1.807, 2.05) is 0 Å². The van der Waals surface area contributed by atoms with Crippen LogP contribution in [0.1, 0.15) is 0 Å². The van der Waals surface area contributed by atoms with Crippen LogP contribution in [-0.2, 0) is 0 Å². The Bertz CT molecular complexity index is 584. The van der Waals surface area contributed by atoms with Gasteiger partial charge in [-0.3, -0.25) is 9.59 Å². The summed E-state index contributed by atoms with van der Waals surface area (Å²) in [5.41, 5.74) is -1.16. The Morgan fingerprint density at radius 3 is 1.56 bits per heavy atom. The van der Waals surface area contributed by atoms with Gasteiger partial charge in [-0.1, -0.05) is 0 Å². The van der Waals surface area contributed by atoms with Gasteiger partial charge in [0.05, 0.1) is 0 Å². The Labute approximate surface area is 88.8 Å². The fraction of sp³-hybridized carbons (Fsp3) is 0. The highest BCUT2D eigenvalue weighted by Gasteiger charge is 2.12. The van der Waals surface area contributed by atoms with Crippen molar-refractivity contribution in [1.29, 1.82) is 0 Å². The van der Waals surface area contributed by atoms with E-state index in [0.29, 0.717) is 0 Å². The zero-order valence-corrected chi connectivity index (χ0v) is 8.02. The number of H-pyrrole nitrogens is 2. The zero-order chi connectivity index (χ0) is 11.7. The van der Waals surface area contributed by atoms with Crippen LogP contribution in [0.4, 0.5) is 0 Å². The molecule has 0 saturated carbocycles. The molecule has 0 unspecified atom stereocenters. The Morgan fingerprint density at radius 1 is 0.812 bits per heavy atom. The van der Waals surface area contributed by atoms with Crippen LogP contribution in [-0.4, -0.2) is 20.2 Å². The number of hydrogen-bond donors (Lipinski definition) is 4. The molecule has 0 saturated heterocycles. The quantitative estimate of drug-likeness (QED) is 0.548. The lowest BCUT2D eigenvalue weighted by Crippen LogP contribution is -2.07. The fourth-order valence-corrected chi connectivity index (χ4v) is 1.38. The molecule has 0 spiro atoms. The van der Waals surface area contributed by atoms with Crippen LogP contribution in [0.3, 0.4) is 0 Å². The third-order valence-electron chi connectivity index (χ3n) is 2.16. The highest BCUT2D eigenvalue weighted by molar-refractivity contribution is 5.73. The van der Waals surface area contributed by atoms with E-state index in [9.17, 15) is 19.8 Å². The molecule has 0 aliphatic heterocycles. The second-order valence-corrected chi connectivity index (χ2v) is 3.14. The van der Waals surface area contributed by atoms with Crippen LogP contribution < -0.4 is 11.1 Å². The van der Waals surface area contributed by atoms with Gasteiger partial charge in [-0.2, -0.15) is 0 Å². The Kier molecular flexibility index (Phi) is 2.24. The number of aromatic amines is 2. The smallest absolute Gasteiger partial charge is 0.290 e. The largest absolute Gasteiger partial charge is 0.503 e. The second kappa shape index (κ2) is 3.58. The standard InChI is InChI=1S/C10H8N2O4/c13-7-5(1-3-11-9(7)15)6-2-4-12-10(16)8(6)14/h1-4,13-14H,(H,11,15)(H,12,16). The predicted molar refractivity (Wildman–Crippen MR) is 56.4 cm³/mol. The molecule has 2 rings (SSSR count). The highest BCUT2D eigenvalue weighted by atomic mass is 16.3. The van der Waals surface area contributed by atoms with Crippen LogP contribution in [0.25, 0.3) is 11.1 Å². The first-order valence-corrected chi connectivity index (χ1v) is 4.43. The SMILES string of the molecule is O=c1[nH]ccc(-c2cc[nH]c(=O)c2O)c1O. The van der Waals surface area contributed by atoms with Crippen molar-refractivity contribution in [3.8, 4) is 22.6 Å². The average molecular weight is 220 g/mol. The van der Waals surface area contributed by atoms with Gasteiger partial charge in [-0.15, -0.1) is 0 Å². The first kappa shape index (κ1) is 10.0. The first-order valence-electron chi connectivity index (χ1n) is 4.43. The van der Waals surface area contributed by atoms with Gasteiger partial charge >= 0.3 is 0 Å². The molecule has 82 valence electrons. The minimum absolute atomic E-state index is 0.104. The van der Waals surface area contributed by atoms with Gasteiger partial charge < -0.3 is 20.2 Å². The van der Waals surface area contributed by atoms with Gasteiger partial charge in [0.2, 0.25) is 0 Å². The second-order valence-electron chi connectivity index (χ2n) is 3.14. The Morgan fingerprint density at radius 2 is 1.19 bits per heavy atom. The summed E-state index contributed by atoms with van der Waals surface area (Å²) in [6.07, 6.45) is 2.63. The third kappa shape index (κ3) is 1.46. The van der Waals surface area contributed by atoms with E-state index in [0.717, 1.165) is 0 Å². The molecule has 0 radical (unpaired) electrons. The van der Waals surface area contributed by atoms with Gasteiger partial charge in [0.1, 0.15) is 0 Å². The monoisotopic (exact) mass is 220 g/mol. The Hall–Kier alpha value is -2.50. The molecule has 6 nitrogen and oxygen atoms in total. The van der Waals surface area contributed by atoms with Crippen molar-refractivity contribution in [2.45, 2.75) is 0 Å². The molecule has 16 heavy (non-hydrogen) atoms. The van der Waals surface area contributed by atoms with E-state index in [1.54, 1.807) is 0 Å². The Balaban J connectivity index is 2.78. The van der Waals surface area contributed by atoms with Crippen molar-refractivity contribution >= 4 is 0 Å². The first-order chi connectivity index (χ1) is 7.61. The number of nitrogens with one attached hydrogen (secondary N) is 2. The van der Waals surface area contributed by atoms with E-state index in [1.165, 1.54) is 24.5 Å². The normalized spacial score (nSPS) is 10.2. The van der Waals surface area contributed by atoms with Crippen molar-refractivity contribution in [3.63, 3.8) is 0 Å². The molecular formula is C10H8N2O4. The maximum atomic E-state index is 11.1. The summed E-state index contributed by atoms with van der Waals surface area (Å²) < 4.78 is 0. The maximum Gasteiger partial charge on any atom is 0.290 e. The summed E-state index contributed by atoms with van der Waals surface area (Å²) in [5.74, 6) is -1.08. The summed E-state index contributed by atoms with van der Waals surface area (Å²) in [6, 6.07) is 2.79. The van der Waals surface area contributed by atoms with Crippen molar-refractivity contribution in [3.05, 3.63) is 45.2 Å². The minimum Gasteiger partial charge on any atom is -0.503 e. The number of pyridine rings is 2. The minimum atomic E-state index is -0.683. The molecule has 0 fully saturated rings. The summed E-state index contributed by atoms with van der Waals surface area (Å²) in [6.45, 7) is 0. The van der Waals surface area contributed by atoms with Gasteiger partial charge in [-0.25, -0.2) is 0 Å². The van der Waals surface area contributed by atoms with E-state index in [2.05, 4.69) is 9.97 Å². The summed E-state index contributed by atoms with van der Waals surface area (Å²) >= 11 is 0. The lowest BCUT2D eigenvalue weighted by molar-refractivity contribution is 0.460. The highest BCUT2D eigenvalue weighted by Crippen LogP contribution is 2.29. The topological polar surface area (TPSA) is 106 Å². The molecular weight excluding hydrogens is 212 g/mol. The molecule has 0 bridgehead atoms. The summed E-state index contributed by atoms with van der Waals surface area (Å²) in [5, 5.41) is 19.0. The van der Waals surface area contributed by atoms with E-state index in [4.69, 9.17) is 0 Å². The average Bonchev–Trinajstić information content (AvgIpc) is 2.27. The van der Waals surface area contributed by atoms with Crippen LogP contribution in [0, 0.1) is 0 Å². The number of aromatic nitrogens is 2. The molecule has 0 aliphatic rings. The molecule has 2 aromatic rings. The van der Waals surface area contributed by atoms with Gasteiger partial charge in [0.15, 0.2) is 11.5 Å². The zero-order valence-electron chi connectivity index (χ0n) is 8.02. The third-order valence-corrected chi connectivity index (χ3v) is 2.16. The lowest BCUT2D eigenvalue weighted by Gasteiger charge is -2.04. The van der Waals surface area contributed by atoms with E-state index in [-0.39, 0.29) is 11.1 Å². The number of aromatic hydroxyl groups is 2. The summed E-state index contributed by atoms with van der Waals surface area (Å²) in [4.78, 5) is 26.8. The molecule has 4 N–H and O–H groups in total. The molecule has 0 amide bonds. The predicted octanol–water partition coefficient (Wildman–Crippen LogP) is 0.141. The van der Waals surface area contributed by atoms with Crippen molar-refractivity contribution in [2.24, 2.45) is 0 Å². The maximum absolute atomic E-state index is 11.1. The molecule has 0 aliphatic carbocycles. The van der Waals surface area contributed by atoms with Gasteiger partial charge in [0, 0.05) is 23.5 Å². The molecule has 0 aromatic carbocycles. The van der Waals surface area contributed by atoms with E-state index >= 15 is 0 Å². The fourth-order valence-electron chi connectivity index (χ4n) is 1.38. The van der Waals surface area contributed by atoms with Crippen molar-refractivity contribution in [2.75, 3.05) is 0 Å². The molecule has 0 atom stereocenters. The van der Waals surface area contributed by atoms with Crippen molar-refractivity contribution < 1.29 is 10.2 Å². The van der Waals surface area contributed by atoms with Gasteiger partial charge in [-0.05, 0) is 12.1 Å². The molecule has 2 aromatic heterocycles. The molecule has 2 heterocycles. The van der Waals surface area contributed by atoms with Crippen LogP contribution in [0.2, 0.25) is 0 Å². The lowest BCUT2D eigenvalue weighted by atomic mass is 10.1. The number of rotatable bonds is 1. The van der Waals surface area contributed by atoms with Crippen LogP contribution in [0.5, 0.6) is 11.5 Å². The van der Waals surface area contributed by atoms with Crippen LogP contribution in [0.15, 0.2) is 34.1 Å². The summed E-state index contributed by atoms with van der Waals surface area (Å²) in [7, 11) is 0. The number of hydrogen-bond acceptors (Lipinski definition) is 4.